The molecule has 0 fully saturated rings. The lowest BCUT2D eigenvalue weighted by molar-refractivity contribution is 0.0958. The number of hydrogen-bond donors (Lipinski definition) is 0. The van der Waals surface area contributed by atoms with Crippen molar-refractivity contribution in [2.45, 2.75) is 19.8 Å². The van der Waals surface area contributed by atoms with Gasteiger partial charge in [0, 0.05) is 11.8 Å². The number of furan rings is 1. The highest BCUT2D eigenvalue weighted by Gasteiger charge is 2.11. The number of hydrogen-bond acceptors (Lipinski definition) is 2. The Morgan fingerprint density at radius 2 is 2.06 bits per heavy atom. The maximum atomic E-state index is 11.8. The fraction of sp³-hybridized carbons (Fsp3) is 0.214. The maximum Gasteiger partial charge on any atom is 0.198 e. The van der Waals surface area contributed by atoms with Crippen molar-refractivity contribution >= 4 is 16.8 Å². The molecular formula is C14H14O2. The number of fused-ring (bicyclic) bond motifs is 1. The molecule has 0 amide bonds. The van der Waals surface area contributed by atoms with E-state index in [1.165, 1.54) is 0 Å². The molecule has 2 heteroatoms. The van der Waals surface area contributed by atoms with Crippen LogP contribution in [0.25, 0.3) is 11.0 Å². The summed E-state index contributed by atoms with van der Waals surface area (Å²) in [5, 5.41) is 0.973. The fourth-order valence-corrected chi connectivity index (χ4v) is 1.57. The van der Waals surface area contributed by atoms with Gasteiger partial charge in [-0.3, -0.25) is 4.79 Å². The van der Waals surface area contributed by atoms with Crippen LogP contribution in [0.15, 0.2) is 46.9 Å². The average molecular weight is 214 g/mol. The van der Waals surface area contributed by atoms with Crippen LogP contribution in [0.3, 0.4) is 0 Å². The van der Waals surface area contributed by atoms with Gasteiger partial charge in [0.25, 0.3) is 0 Å². The minimum absolute atomic E-state index is 0.0409. The van der Waals surface area contributed by atoms with Gasteiger partial charge in [-0.15, -0.1) is 6.58 Å². The van der Waals surface area contributed by atoms with Crippen molar-refractivity contribution in [1.29, 1.82) is 0 Å². The second-order valence-electron chi connectivity index (χ2n) is 4.03. The highest BCUT2D eigenvalue weighted by molar-refractivity contribution is 5.97. The molecule has 16 heavy (non-hydrogen) atoms. The molecule has 2 rings (SSSR count). The summed E-state index contributed by atoms with van der Waals surface area (Å²) >= 11 is 0. The van der Waals surface area contributed by atoms with E-state index in [-0.39, 0.29) is 5.78 Å². The first-order valence-corrected chi connectivity index (χ1v) is 5.33. The summed E-state index contributed by atoms with van der Waals surface area (Å²) < 4.78 is 5.48. The van der Waals surface area contributed by atoms with E-state index in [9.17, 15) is 4.79 Å². The zero-order valence-electron chi connectivity index (χ0n) is 9.32. The number of Topliss-reactive ketones (excluding diaryl/α,β-unsaturated/α-hetero) is 1. The quantitative estimate of drug-likeness (QED) is 0.569. The normalized spacial score (nSPS) is 10.6. The molecule has 1 aromatic carbocycles. The molecular weight excluding hydrogens is 200 g/mol. The Bertz CT molecular complexity index is 501. The van der Waals surface area contributed by atoms with E-state index in [1.54, 1.807) is 6.07 Å². The molecule has 0 bridgehead atoms. The number of ketones is 1. The van der Waals surface area contributed by atoms with Crippen LogP contribution >= 0.6 is 0 Å². The molecule has 0 N–H and O–H groups in total. The molecule has 2 nitrogen and oxygen atoms in total. The van der Waals surface area contributed by atoms with Crippen LogP contribution in [0.4, 0.5) is 0 Å². The Morgan fingerprint density at radius 3 is 2.75 bits per heavy atom. The van der Waals surface area contributed by atoms with Crippen molar-refractivity contribution in [3.05, 3.63) is 48.2 Å². The number of rotatable bonds is 4. The Kier molecular flexibility index (Phi) is 2.91. The smallest absolute Gasteiger partial charge is 0.198 e. The molecule has 0 saturated carbocycles. The van der Waals surface area contributed by atoms with Crippen LogP contribution in [-0.4, -0.2) is 5.78 Å². The van der Waals surface area contributed by atoms with Crippen molar-refractivity contribution in [3.8, 4) is 0 Å². The molecule has 1 heterocycles. The van der Waals surface area contributed by atoms with Crippen molar-refractivity contribution in [2.24, 2.45) is 0 Å². The monoisotopic (exact) mass is 214 g/mol. The number of allylic oxidation sites excluding steroid dienone is 1. The third kappa shape index (κ3) is 2.22. The van der Waals surface area contributed by atoms with Crippen LogP contribution in [-0.2, 0) is 0 Å². The van der Waals surface area contributed by atoms with E-state index in [0.29, 0.717) is 12.2 Å². The molecule has 0 saturated heterocycles. The van der Waals surface area contributed by atoms with Crippen LogP contribution in [0.5, 0.6) is 0 Å². The van der Waals surface area contributed by atoms with Crippen molar-refractivity contribution < 1.29 is 9.21 Å². The number of carbonyl (C=O) groups is 1. The van der Waals surface area contributed by atoms with Gasteiger partial charge in [0.05, 0.1) is 0 Å². The van der Waals surface area contributed by atoms with E-state index in [0.717, 1.165) is 23.0 Å². The molecule has 0 radical (unpaired) electrons. The van der Waals surface area contributed by atoms with Crippen LogP contribution < -0.4 is 0 Å². The van der Waals surface area contributed by atoms with Gasteiger partial charge in [0.15, 0.2) is 11.5 Å². The van der Waals surface area contributed by atoms with Crippen LogP contribution in [0, 0.1) is 0 Å². The number of benzene rings is 1. The van der Waals surface area contributed by atoms with Crippen molar-refractivity contribution in [1.82, 2.24) is 0 Å². The van der Waals surface area contributed by atoms with E-state index in [1.807, 2.05) is 31.2 Å². The molecule has 1 aromatic heterocycles. The third-order valence-corrected chi connectivity index (χ3v) is 2.48. The minimum atomic E-state index is 0.0409. The van der Waals surface area contributed by atoms with Crippen LogP contribution in [0.1, 0.15) is 30.3 Å². The molecule has 0 aliphatic carbocycles. The van der Waals surface area contributed by atoms with Gasteiger partial charge in [-0.2, -0.15) is 0 Å². The lowest BCUT2D eigenvalue weighted by Gasteiger charge is -1.96. The van der Waals surface area contributed by atoms with Gasteiger partial charge < -0.3 is 4.42 Å². The lowest BCUT2D eigenvalue weighted by atomic mass is 10.1. The Hall–Kier alpha value is -1.83. The van der Waals surface area contributed by atoms with Gasteiger partial charge >= 0.3 is 0 Å². The zero-order chi connectivity index (χ0) is 11.5. The highest BCUT2D eigenvalue weighted by Crippen LogP contribution is 2.20. The zero-order valence-corrected chi connectivity index (χ0v) is 9.32. The van der Waals surface area contributed by atoms with Crippen LogP contribution in [0.2, 0.25) is 0 Å². The summed E-state index contributed by atoms with van der Waals surface area (Å²) in [5.41, 5.74) is 1.78. The molecule has 0 atom stereocenters. The molecule has 0 aliphatic heterocycles. The summed E-state index contributed by atoms with van der Waals surface area (Å²) in [4.78, 5) is 11.8. The van der Waals surface area contributed by atoms with Gasteiger partial charge in [-0.1, -0.05) is 23.8 Å². The molecule has 0 spiro atoms. The first-order chi connectivity index (χ1) is 7.66. The Balaban J connectivity index is 2.20. The third-order valence-electron chi connectivity index (χ3n) is 2.48. The predicted molar refractivity (Wildman–Crippen MR) is 64.6 cm³/mol. The SMILES string of the molecule is C=C(C)CCC(=O)c1cc2ccccc2o1. The number of para-hydroxylation sites is 1. The Labute approximate surface area is 94.6 Å². The first-order valence-electron chi connectivity index (χ1n) is 5.33. The summed E-state index contributed by atoms with van der Waals surface area (Å²) in [6.07, 6.45) is 1.19. The molecule has 82 valence electrons. The predicted octanol–water partition coefficient (Wildman–Crippen LogP) is 3.97. The largest absolute Gasteiger partial charge is 0.453 e. The topological polar surface area (TPSA) is 30.2 Å². The van der Waals surface area contributed by atoms with Crippen molar-refractivity contribution in [3.63, 3.8) is 0 Å². The van der Waals surface area contributed by atoms with Gasteiger partial charge in [0.1, 0.15) is 5.58 Å². The average Bonchev–Trinajstić information content (AvgIpc) is 2.69. The maximum absolute atomic E-state index is 11.8. The second-order valence-corrected chi connectivity index (χ2v) is 4.03. The highest BCUT2D eigenvalue weighted by atomic mass is 16.3. The fourth-order valence-electron chi connectivity index (χ4n) is 1.57. The summed E-state index contributed by atoms with van der Waals surface area (Å²) in [6.45, 7) is 5.70. The molecule has 0 unspecified atom stereocenters. The van der Waals surface area contributed by atoms with Gasteiger partial charge in [-0.05, 0) is 25.5 Å². The van der Waals surface area contributed by atoms with Gasteiger partial charge in [0.2, 0.25) is 0 Å². The Morgan fingerprint density at radius 1 is 1.31 bits per heavy atom. The standard InChI is InChI=1S/C14H14O2/c1-10(2)7-8-12(15)14-9-11-5-3-4-6-13(11)16-14/h3-6,9H,1,7-8H2,2H3. The summed E-state index contributed by atoms with van der Waals surface area (Å²) in [7, 11) is 0. The molecule has 0 aliphatic rings. The second kappa shape index (κ2) is 4.35. The van der Waals surface area contributed by atoms with E-state index in [2.05, 4.69) is 6.58 Å². The minimum Gasteiger partial charge on any atom is -0.453 e. The first kappa shape index (κ1) is 10.7. The summed E-state index contributed by atoms with van der Waals surface area (Å²) in [5.74, 6) is 0.488. The van der Waals surface area contributed by atoms with E-state index in [4.69, 9.17) is 4.42 Å². The van der Waals surface area contributed by atoms with Gasteiger partial charge in [-0.25, -0.2) is 0 Å². The van der Waals surface area contributed by atoms with Crippen molar-refractivity contribution in [2.75, 3.05) is 0 Å². The lowest BCUT2D eigenvalue weighted by Crippen LogP contribution is -1.96. The van der Waals surface area contributed by atoms with E-state index < -0.39 is 0 Å². The van der Waals surface area contributed by atoms with E-state index >= 15 is 0 Å². The summed E-state index contributed by atoms with van der Waals surface area (Å²) in [6, 6.07) is 9.43. The number of carbonyl (C=O) groups excluding carboxylic acids is 1. The molecule has 2 aromatic rings.